The number of hydrogen-bond acceptors (Lipinski definition) is 5. The van der Waals surface area contributed by atoms with Gasteiger partial charge in [-0.1, -0.05) is 29.8 Å². The highest BCUT2D eigenvalue weighted by Gasteiger charge is 2.20. The molecular formula is C19H14ClN3O4S. The molecule has 0 radical (unpaired) electrons. The van der Waals surface area contributed by atoms with Gasteiger partial charge in [0.15, 0.2) is 0 Å². The first-order valence-electron chi connectivity index (χ1n) is 7.98. The molecule has 0 aliphatic carbocycles. The molecule has 0 saturated carbocycles. The molecule has 0 aromatic heterocycles. The Hall–Kier alpha value is -3.23. The summed E-state index contributed by atoms with van der Waals surface area (Å²) < 4.78 is 27.5. The van der Waals surface area contributed by atoms with E-state index in [1.165, 1.54) is 24.3 Å². The quantitative estimate of drug-likeness (QED) is 0.535. The Bertz CT molecular complexity index is 1130. The van der Waals surface area contributed by atoms with Crippen molar-refractivity contribution >= 4 is 44.7 Å². The molecule has 9 heteroatoms. The third-order valence-electron chi connectivity index (χ3n) is 3.62. The number of anilines is 1. The van der Waals surface area contributed by atoms with Gasteiger partial charge in [-0.05, 0) is 54.6 Å². The fourth-order valence-electron chi connectivity index (χ4n) is 2.26. The minimum Gasteiger partial charge on any atom is -0.478 e. The molecule has 0 spiro atoms. The van der Waals surface area contributed by atoms with Crippen molar-refractivity contribution in [2.24, 2.45) is 10.2 Å². The molecule has 3 rings (SSSR count). The molecule has 0 saturated heterocycles. The summed E-state index contributed by atoms with van der Waals surface area (Å²) in [7, 11) is -4.07. The smallest absolute Gasteiger partial charge is 0.335 e. The van der Waals surface area contributed by atoms with Crippen LogP contribution in [0.4, 0.5) is 17.1 Å². The monoisotopic (exact) mass is 415 g/mol. The fourth-order valence-corrected chi connectivity index (χ4v) is 3.84. The summed E-state index contributed by atoms with van der Waals surface area (Å²) in [4.78, 5) is 10.8. The summed E-state index contributed by atoms with van der Waals surface area (Å²) in [5, 5.41) is 17.1. The highest BCUT2D eigenvalue weighted by Crippen LogP contribution is 2.26. The Morgan fingerprint density at radius 3 is 2.11 bits per heavy atom. The Morgan fingerprint density at radius 1 is 0.893 bits per heavy atom. The van der Waals surface area contributed by atoms with Crippen LogP contribution >= 0.6 is 11.6 Å². The second kappa shape index (κ2) is 8.20. The fraction of sp³-hybridized carbons (Fsp3) is 0. The third-order valence-corrected chi connectivity index (χ3v) is 5.49. The molecule has 0 unspecified atom stereocenters. The number of nitrogens with one attached hydrogen (secondary N) is 1. The van der Waals surface area contributed by atoms with Crippen molar-refractivity contribution in [1.29, 1.82) is 0 Å². The second-order valence-corrected chi connectivity index (χ2v) is 7.70. The molecule has 0 fully saturated rings. The molecular weight excluding hydrogens is 402 g/mol. The van der Waals surface area contributed by atoms with E-state index in [9.17, 15) is 13.2 Å². The van der Waals surface area contributed by atoms with Gasteiger partial charge < -0.3 is 5.11 Å². The highest BCUT2D eigenvalue weighted by atomic mass is 35.5. The SMILES string of the molecule is O=C(O)c1ccc(Cl)c(S(=O)(=O)Nc2ccc(N=Nc3ccccc3)cc2)c1. The number of aromatic carboxylic acids is 1. The number of carboxylic acid groups (broad SMARTS) is 1. The summed E-state index contributed by atoms with van der Waals surface area (Å²) >= 11 is 5.94. The van der Waals surface area contributed by atoms with Crippen LogP contribution in [0.5, 0.6) is 0 Å². The van der Waals surface area contributed by atoms with Crippen LogP contribution in [0.15, 0.2) is 87.9 Å². The number of azo groups is 1. The van der Waals surface area contributed by atoms with Gasteiger partial charge in [0.2, 0.25) is 0 Å². The molecule has 3 aromatic carbocycles. The number of halogens is 1. The summed E-state index contributed by atoms with van der Waals surface area (Å²) in [6.45, 7) is 0. The van der Waals surface area contributed by atoms with Gasteiger partial charge in [0.25, 0.3) is 10.0 Å². The summed E-state index contributed by atoms with van der Waals surface area (Å²) in [5.41, 5.74) is 1.33. The standard InChI is InChI=1S/C19H14ClN3O4S/c20-17-11-6-13(19(24)25)12-18(17)28(26,27)23-16-9-7-15(8-10-16)22-21-14-4-2-1-3-5-14/h1-12,23H,(H,24,25). The Morgan fingerprint density at radius 2 is 1.50 bits per heavy atom. The van der Waals surface area contributed by atoms with Crippen molar-refractivity contribution in [3.05, 3.63) is 83.4 Å². The number of rotatable bonds is 6. The van der Waals surface area contributed by atoms with Gasteiger partial charge in [-0.15, -0.1) is 0 Å². The number of carboxylic acids is 1. The zero-order chi connectivity index (χ0) is 20.1. The topological polar surface area (TPSA) is 108 Å². The van der Waals surface area contributed by atoms with Crippen molar-refractivity contribution in [2.45, 2.75) is 4.90 Å². The molecule has 142 valence electrons. The van der Waals surface area contributed by atoms with E-state index in [4.69, 9.17) is 16.7 Å². The van der Waals surface area contributed by atoms with Crippen LogP contribution in [0.25, 0.3) is 0 Å². The second-order valence-electron chi connectivity index (χ2n) is 5.64. The average Bonchev–Trinajstić information content (AvgIpc) is 2.68. The van der Waals surface area contributed by atoms with Gasteiger partial charge in [0.05, 0.1) is 22.0 Å². The van der Waals surface area contributed by atoms with E-state index in [2.05, 4.69) is 15.0 Å². The number of nitrogens with zero attached hydrogens (tertiary/aromatic N) is 2. The molecule has 0 aliphatic rings. The largest absolute Gasteiger partial charge is 0.478 e. The van der Waals surface area contributed by atoms with E-state index in [-0.39, 0.29) is 21.2 Å². The highest BCUT2D eigenvalue weighted by molar-refractivity contribution is 7.92. The van der Waals surface area contributed by atoms with Crippen molar-refractivity contribution in [2.75, 3.05) is 4.72 Å². The lowest BCUT2D eigenvalue weighted by Gasteiger charge is -2.10. The normalized spacial score (nSPS) is 11.5. The van der Waals surface area contributed by atoms with Gasteiger partial charge in [-0.25, -0.2) is 13.2 Å². The molecule has 0 heterocycles. The van der Waals surface area contributed by atoms with E-state index in [1.807, 2.05) is 18.2 Å². The van der Waals surface area contributed by atoms with E-state index in [1.54, 1.807) is 24.3 Å². The maximum absolute atomic E-state index is 12.6. The summed E-state index contributed by atoms with van der Waals surface area (Å²) in [6, 6.07) is 18.9. The summed E-state index contributed by atoms with van der Waals surface area (Å²) in [5.74, 6) is -1.25. The molecule has 0 bridgehead atoms. The third kappa shape index (κ3) is 4.73. The summed E-state index contributed by atoms with van der Waals surface area (Å²) in [6.07, 6.45) is 0. The predicted molar refractivity (Wildman–Crippen MR) is 106 cm³/mol. The molecule has 28 heavy (non-hydrogen) atoms. The molecule has 7 nitrogen and oxygen atoms in total. The van der Waals surface area contributed by atoms with E-state index < -0.39 is 16.0 Å². The Kier molecular flexibility index (Phi) is 5.72. The van der Waals surface area contributed by atoms with Crippen LogP contribution in [0.3, 0.4) is 0 Å². The predicted octanol–water partition coefficient (Wildman–Crippen LogP) is 5.25. The van der Waals surface area contributed by atoms with Gasteiger partial charge >= 0.3 is 5.97 Å². The van der Waals surface area contributed by atoms with E-state index in [0.717, 1.165) is 6.07 Å². The Balaban J connectivity index is 1.79. The lowest BCUT2D eigenvalue weighted by atomic mass is 10.2. The number of hydrogen-bond donors (Lipinski definition) is 2. The van der Waals surface area contributed by atoms with Crippen molar-refractivity contribution in [3.63, 3.8) is 0 Å². The van der Waals surface area contributed by atoms with Crippen LogP contribution in [-0.4, -0.2) is 19.5 Å². The maximum atomic E-state index is 12.6. The minimum absolute atomic E-state index is 0.0780. The van der Waals surface area contributed by atoms with Crippen molar-refractivity contribution < 1.29 is 18.3 Å². The molecule has 3 aromatic rings. The van der Waals surface area contributed by atoms with Crippen molar-refractivity contribution in [1.82, 2.24) is 0 Å². The van der Waals surface area contributed by atoms with Crippen LogP contribution in [-0.2, 0) is 10.0 Å². The van der Waals surface area contributed by atoms with E-state index in [0.29, 0.717) is 11.4 Å². The van der Waals surface area contributed by atoms with Crippen LogP contribution in [0.1, 0.15) is 10.4 Å². The van der Waals surface area contributed by atoms with Gasteiger partial charge in [-0.2, -0.15) is 10.2 Å². The Labute approximate surface area is 166 Å². The average molecular weight is 416 g/mol. The molecule has 0 aliphatic heterocycles. The lowest BCUT2D eigenvalue weighted by molar-refractivity contribution is 0.0696. The van der Waals surface area contributed by atoms with Crippen LogP contribution < -0.4 is 4.72 Å². The van der Waals surface area contributed by atoms with Crippen LogP contribution in [0.2, 0.25) is 5.02 Å². The number of sulfonamides is 1. The first kappa shape index (κ1) is 19.5. The number of carbonyl (C=O) groups is 1. The maximum Gasteiger partial charge on any atom is 0.335 e. The molecule has 0 amide bonds. The lowest BCUT2D eigenvalue weighted by Crippen LogP contribution is -2.14. The first-order valence-corrected chi connectivity index (χ1v) is 9.84. The van der Waals surface area contributed by atoms with Gasteiger partial charge in [-0.3, -0.25) is 4.72 Å². The van der Waals surface area contributed by atoms with E-state index >= 15 is 0 Å². The van der Waals surface area contributed by atoms with Gasteiger partial charge in [0.1, 0.15) is 4.90 Å². The van der Waals surface area contributed by atoms with Gasteiger partial charge in [0, 0.05) is 5.69 Å². The minimum atomic E-state index is -4.07. The zero-order valence-electron chi connectivity index (χ0n) is 14.3. The van der Waals surface area contributed by atoms with Crippen molar-refractivity contribution in [3.8, 4) is 0 Å². The molecule has 0 atom stereocenters. The van der Waals surface area contributed by atoms with Crippen LogP contribution in [0, 0.1) is 0 Å². The molecule has 2 N–H and O–H groups in total. The number of benzene rings is 3. The first-order chi connectivity index (χ1) is 13.3. The zero-order valence-corrected chi connectivity index (χ0v) is 15.9.